The third kappa shape index (κ3) is 3.62. The molecule has 0 heterocycles. The number of hydrogen-bond acceptors (Lipinski definition) is 4. The van der Waals surface area contributed by atoms with E-state index in [0.29, 0.717) is 12.8 Å². The standard InChI is InChI=1S/C14H17FN2O4/c1-2-20-14(19)21-17(13(16)18)12-7-10(8-12)9-3-5-11(15)6-4-9/h3-6,10,12H,2,7-8H2,1H3,(H2,16,18). The average Bonchev–Trinajstić information content (AvgIpc) is 2.38. The summed E-state index contributed by atoms with van der Waals surface area (Å²) in [4.78, 5) is 27.4. The first-order valence-electron chi connectivity index (χ1n) is 6.70. The van der Waals surface area contributed by atoms with Crippen LogP contribution in [0.15, 0.2) is 24.3 Å². The number of carbonyl (C=O) groups excluding carboxylic acids is 2. The molecule has 2 N–H and O–H groups in total. The lowest BCUT2D eigenvalue weighted by Crippen LogP contribution is -2.50. The van der Waals surface area contributed by atoms with Gasteiger partial charge in [0.05, 0.1) is 12.6 Å². The highest BCUT2D eigenvalue weighted by molar-refractivity contribution is 5.73. The highest BCUT2D eigenvalue weighted by Gasteiger charge is 2.39. The zero-order valence-electron chi connectivity index (χ0n) is 11.6. The van der Waals surface area contributed by atoms with E-state index < -0.39 is 12.2 Å². The minimum atomic E-state index is -0.957. The van der Waals surface area contributed by atoms with E-state index in [0.717, 1.165) is 10.6 Å². The van der Waals surface area contributed by atoms with Gasteiger partial charge in [0.2, 0.25) is 0 Å². The topological polar surface area (TPSA) is 81.9 Å². The Morgan fingerprint density at radius 2 is 1.95 bits per heavy atom. The molecule has 0 bridgehead atoms. The van der Waals surface area contributed by atoms with Gasteiger partial charge in [0, 0.05) is 0 Å². The van der Waals surface area contributed by atoms with Crippen LogP contribution in [0.5, 0.6) is 0 Å². The molecule has 7 heteroatoms. The van der Waals surface area contributed by atoms with Gasteiger partial charge in [-0.25, -0.2) is 14.0 Å². The Hall–Kier alpha value is -2.31. The molecule has 1 aliphatic rings. The lowest BCUT2D eigenvalue weighted by atomic mass is 9.76. The predicted octanol–water partition coefficient (Wildman–Crippen LogP) is 2.54. The summed E-state index contributed by atoms with van der Waals surface area (Å²) in [6.07, 6.45) is 0.226. The first-order chi connectivity index (χ1) is 10.0. The van der Waals surface area contributed by atoms with Crippen molar-refractivity contribution >= 4 is 12.2 Å². The van der Waals surface area contributed by atoms with Crippen LogP contribution in [-0.2, 0) is 9.57 Å². The molecule has 0 aliphatic heterocycles. The van der Waals surface area contributed by atoms with E-state index in [9.17, 15) is 14.0 Å². The van der Waals surface area contributed by atoms with Gasteiger partial charge in [-0.1, -0.05) is 12.1 Å². The molecule has 0 unspecified atom stereocenters. The summed E-state index contributed by atoms with van der Waals surface area (Å²) in [5.74, 6) is -0.109. The van der Waals surface area contributed by atoms with Crippen molar-refractivity contribution in [3.63, 3.8) is 0 Å². The van der Waals surface area contributed by atoms with Crippen LogP contribution in [0.25, 0.3) is 0 Å². The lowest BCUT2D eigenvalue weighted by molar-refractivity contribution is -0.132. The summed E-state index contributed by atoms with van der Waals surface area (Å²) in [5.41, 5.74) is 6.18. The second kappa shape index (κ2) is 6.43. The van der Waals surface area contributed by atoms with Crippen LogP contribution in [0.3, 0.4) is 0 Å². The normalized spacial score (nSPS) is 20.3. The maximum Gasteiger partial charge on any atom is 0.533 e. The van der Waals surface area contributed by atoms with Crippen LogP contribution in [-0.4, -0.2) is 29.9 Å². The largest absolute Gasteiger partial charge is 0.533 e. The quantitative estimate of drug-likeness (QED) is 0.686. The Labute approximate surface area is 121 Å². The predicted molar refractivity (Wildman–Crippen MR) is 71.7 cm³/mol. The fourth-order valence-electron chi connectivity index (χ4n) is 2.31. The maximum atomic E-state index is 12.9. The molecule has 1 aromatic carbocycles. The first kappa shape index (κ1) is 15.1. The third-order valence-corrected chi connectivity index (χ3v) is 3.44. The Kier molecular flexibility index (Phi) is 4.62. The number of nitrogens with two attached hydrogens (primary N) is 1. The van der Waals surface area contributed by atoms with Crippen LogP contribution in [0.2, 0.25) is 0 Å². The van der Waals surface area contributed by atoms with Gasteiger partial charge in [0.1, 0.15) is 5.82 Å². The minimum Gasteiger partial charge on any atom is -0.433 e. The van der Waals surface area contributed by atoms with E-state index in [1.165, 1.54) is 12.1 Å². The molecule has 2 rings (SSSR count). The van der Waals surface area contributed by atoms with E-state index in [4.69, 9.17) is 10.6 Å². The van der Waals surface area contributed by atoms with Crippen molar-refractivity contribution in [1.29, 1.82) is 0 Å². The molecule has 6 nitrogen and oxygen atoms in total. The van der Waals surface area contributed by atoms with E-state index in [1.54, 1.807) is 19.1 Å². The summed E-state index contributed by atoms with van der Waals surface area (Å²) in [6, 6.07) is 5.06. The van der Waals surface area contributed by atoms with E-state index in [2.05, 4.69) is 4.74 Å². The molecule has 0 saturated heterocycles. The fraction of sp³-hybridized carbons (Fsp3) is 0.429. The van der Waals surface area contributed by atoms with Gasteiger partial charge < -0.3 is 15.3 Å². The summed E-state index contributed by atoms with van der Waals surface area (Å²) < 4.78 is 17.5. The van der Waals surface area contributed by atoms with E-state index in [1.807, 2.05) is 0 Å². The van der Waals surface area contributed by atoms with Crippen molar-refractivity contribution in [2.24, 2.45) is 5.73 Å². The molecular formula is C14H17FN2O4. The molecule has 1 saturated carbocycles. The van der Waals surface area contributed by atoms with Crippen molar-refractivity contribution in [3.05, 3.63) is 35.6 Å². The van der Waals surface area contributed by atoms with Gasteiger partial charge in [-0.05, 0) is 43.4 Å². The van der Waals surface area contributed by atoms with Gasteiger partial charge in [-0.2, -0.15) is 0 Å². The van der Waals surface area contributed by atoms with Crippen LogP contribution < -0.4 is 5.73 Å². The van der Waals surface area contributed by atoms with Crippen molar-refractivity contribution in [2.75, 3.05) is 6.61 Å². The minimum absolute atomic E-state index is 0.147. The van der Waals surface area contributed by atoms with Crippen molar-refractivity contribution in [2.45, 2.75) is 31.7 Å². The molecule has 0 radical (unpaired) electrons. The Balaban J connectivity index is 1.92. The fourth-order valence-corrected chi connectivity index (χ4v) is 2.31. The highest BCUT2D eigenvalue weighted by Crippen LogP contribution is 2.39. The average molecular weight is 296 g/mol. The van der Waals surface area contributed by atoms with Crippen LogP contribution in [0, 0.1) is 5.82 Å². The van der Waals surface area contributed by atoms with Gasteiger partial charge in [0.15, 0.2) is 0 Å². The monoisotopic (exact) mass is 296 g/mol. The second-order valence-electron chi connectivity index (χ2n) is 4.81. The second-order valence-corrected chi connectivity index (χ2v) is 4.81. The molecule has 0 aromatic heterocycles. The van der Waals surface area contributed by atoms with E-state index >= 15 is 0 Å². The Bertz CT molecular complexity index is 514. The number of hydrogen-bond donors (Lipinski definition) is 1. The van der Waals surface area contributed by atoms with E-state index in [-0.39, 0.29) is 24.4 Å². The molecule has 0 spiro atoms. The summed E-state index contributed by atoms with van der Waals surface area (Å²) in [5, 5.41) is 0.845. The SMILES string of the molecule is CCOC(=O)ON(C(N)=O)C1CC(c2ccc(F)cc2)C1. The van der Waals surface area contributed by atoms with Crippen LogP contribution >= 0.6 is 0 Å². The maximum absolute atomic E-state index is 12.9. The molecule has 114 valence electrons. The Morgan fingerprint density at radius 3 is 2.48 bits per heavy atom. The zero-order chi connectivity index (χ0) is 15.4. The number of rotatable bonds is 3. The zero-order valence-corrected chi connectivity index (χ0v) is 11.6. The molecule has 2 amide bonds. The van der Waals surface area contributed by atoms with Gasteiger partial charge >= 0.3 is 12.2 Å². The summed E-state index contributed by atoms with van der Waals surface area (Å²) in [7, 11) is 0. The molecule has 1 aromatic rings. The number of nitrogens with zero attached hydrogens (tertiary/aromatic N) is 1. The number of amides is 2. The smallest absolute Gasteiger partial charge is 0.433 e. The number of halogens is 1. The van der Waals surface area contributed by atoms with Gasteiger partial charge in [-0.3, -0.25) is 0 Å². The van der Waals surface area contributed by atoms with Crippen LogP contribution in [0.4, 0.5) is 14.0 Å². The van der Waals surface area contributed by atoms with Crippen LogP contribution in [0.1, 0.15) is 31.2 Å². The molecule has 21 heavy (non-hydrogen) atoms. The highest BCUT2D eigenvalue weighted by atomic mass is 19.1. The molecule has 0 atom stereocenters. The molecule has 1 aliphatic carbocycles. The number of hydroxylamine groups is 2. The number of primary amides is 1. The van der Waals surface area contributed by atoms with Crippen molar-refractivity contribution in [1.82, 2.24) is 5.06 Å². The van der Waals surface area contributed by atoms with Crippen molar-refractivity contribution < 1.29 is 23.6 Å². The van der Waals surface area contributed by atoms with Gasteiger partial charge in [0.25, 0.3) is 0 Å². The lowest BCUT2D eigenvalue weighted by Gasteiger charge is -2.40. The first-order valence-corrected chi connectivity index (χ1v) is 6.70. The number of urea groups is 1. The summed E-state index contributed by atoms with van der Waals surface area (Å²) in [6.45, 7) is 1.78. The van der Waals surface area contributed by atoms with Gasteiger partial charge in [-0.15, -0.1) is 5.06 Å². The number of ether oxygens (including phenoxy) is 1. The summed E-state index contributed by atoms with van der Waals surface area (Å²) >= 11 is 0. The number of benzene rings is 1. The molecule has 1 fully saturated rings. The molecular weight excluding hydrogens is 279 g/mol. The Morgan fingerprint density at radius 1 is 1.33 bits per heavy atom. The third-order valence-electron chi connectivity index (χ3n) is 3.44. The number of carbonyl (C=O) groups is 2. The van der Waals surface area contributed by atoms with Crippen molar-refractivity contribution in [3.8, 4) is 0 Å².